The third-order valence-electron chi connectivity index (χ3n) is 3.09. The van der Waals surface area contributed by atoms with Gasteiger partial charge >= 0.3 is 0 Å². The van der Waals surface area contributed by atoms with Crippen LogP contribution in [0.5, 0.6) is 0 Å². The fourth-order valence-electron chi connectivity index (χ4n) is 2.06. The van der Waals surface area contributed by atoms with Gasteiger partial charge in [0.1, 0.15) is 0 Å². The van der Waals surface area contributed by atoms with Crippen LogP contribution in [0.3, 0.4) is 0 Å². The number of nitrogens with one attached hydrogen (secondary N) is 2. The average Bonchev–Trinajstić information content (AvgIpc) is 2.12. The van der Waals surface area contributed by atoms with E-state index in [9.17, 15) is 9.90 Å². The van der Waals surface area contributed by atoms with Gasteiger partial charge in [-0.2, -0.15) is 0 Å². The van der Waals surface area contributed by atoms with Crippen molar-refractivity contribution >= 4 is 5.91 Å². The van der Waals surface area contributed by atoms with Crippen molar-refractivity contribution in [3.63, 3.8) is 0 Å². The highest BCUT2D eigenvalue weighted by atomic mass is 16.3. The standard InChI is InChI=1S/C12H24N2O2/c1-11(2)6-5-7-13-9(11)10(15)14-8-12(3,4)16/h9,13,16H,5-8H2,1-4H3,(H,14,15). The monoisotopic (exact) mass is 228 g/mol. The van der Waals surface area contributed by atoms with Crippen LogP contribution in [0.1, 0.15) is 40.5 Å². The summed E-state index contributed by atoms with van der Waals surface area (Å²) in [4.78, 5) is 12.0. The molecule has 0 aliphatic carbocycles. The summed E-state index contributed by atoms with van der Waals surface area (Å²) in [5.41, 5.74) is -0.865. The molecule has 16 heavy (non-hydrogen) atoms. The molecule has 0 radical (unpaired) electrons. The number of amides is 1. The fourth-order valence-corrected chi connectivity index (χ4v) is 2.06. The van der Waals surface area contributed by atoms with Crippen LogP contribution in [0.25, 0.3) is 0 Å². The first-order valence-electron chi connectivity index (χ1n) is 5.96. The first kappa shape index (κ1) is 13.5. The molecule has 1 heterocycles. The number of hydrogen-bond acceptors (Lipinski definition) is 3. The van der Waals surface area contributed by atoms with E-state index < -0.39 is 5.60 Å². The van der Waals surface area contributed by atoms with Gasteiger partial charge in [-0.15, -0.1) is 0 Å². The molecule has 0 bridgehead atoms. The third kappa shape index (κ3) is 3.76. The van der Waals surface area contributed by atoms with Gasteiger partial charge in [-0.3, -0.25) is 4.79 Å². The van der Waals surface area contributed by atoms with Crippen molar-refractivity contribution < 1.29 is 9.90 Å². The number of hydrogen-bond donors (Lipinski definition) is 3. The second-order valence-corrected chi connectivity index (χ2v) is 6.01. The molecule has 1 aliphatic rings. The Hall–Kier alpha value is -0.610. The molecule has 4 nitrogen and oxygen atoms in total. The fraction of sp³-hybridized carbons (Fsp3) is 0.917. The van der Waals surface area contributed by atoms with E-state index in [1.54, 1.807) is 13.8 Å². The molecule has 1 unspecified atom stereocenters. The van der Waals surface area contributed by atoms with Crippen LogP contribution in [0, 0.1) is 5.41 Å². The zero-order chi connectivity index (χ0) is 12.4. The Balaban J connectivity index is 2.52. The third-order valence-corrected chi connectivity index (χ3v) is 3.09. The molecule has 1 fully saturated rings. The molecule has 0 saturated carbocycles. The molecule has 1 aliphatic heterocycles. The van der Waals surface area contributed by atoms with Crippen LogP contribution in [-0.4, -0.2) is 35.7 Å². The maximum absolute atomic E-state index is 12.0. The minimum Gasteiger partial charge on any atom is -0.389 e. The second-order valence-electron chi connectivity index (χ2n) is 6.01. The van der Waals surface area contributed by atoms with Gasteiger partial charge in [0.15, 0.2) is 0 Å². The van der Waals surface area contributed by atoms with Gasteiger partial charge in [-0.25, -0.2) is 0 Å². The van der Waals surface area contributed by atoms with E-state index in [-0.39, 0.29) is 17.4 Å². The number of rotatable bonds is 3. The topological polar surface area (TPSA) is 61.4 Å². The number of aliphatic hydroxyl groups is 1. The van der Waals surface area contributed by atoms with Gasteiger partial charge in [-0.1, -0.05) is 13.8 Å². The second kappa shape index (κ2) is 4.72. The molecular weight excluding hydrogens is 204 g/mol. The van der Waals surface area contributed by atoms with E-state index in [1.165, 1.54) is 0 Å². The largest absolute Gasteiger partial charge is 0.389 e. The number of carbonyl (C=O) groups excluding carboxylic acids is 1. The van der Waals surface area contributed by atoms with Crippen molar-refractivity contribution in [2.75, 3.05) is 13.1 Å². The molecule has 3 N–H and O–H groups in total. The zero-order valence-electron chi connectivity index (χ0n) is 10.8. The Morgan fingerprint density at radius 3 is 2.69 bits per heavy atom. The Labute approximate surface area is 97.8 Å². The van der Waals surface area contributed by atoms with Gasteiger partial charge in [-0.05, 0) is 38.6 Å². The van der Waals surface area contributed by atoms with Crippen LogP contribution in [-0.2, 0) is 4.79 Å². The molecule has 0 aromatic heterocycles. The van der Waals surface area contributed by atoms with Gasteiger partial charge < -0.3 is 15.7 Å². The quantitative estimate of drug-likeness (QED) is 0.665. The lowest BCUT2D eigenvalue weighted by Crippen LogP contribution is -2.57. The number of piperidine rings is 1. The normalized spacial score (nSPS) is 25.2. The van der Waals surface area contributed by atoms with Crippen molar-refractivity contribution in [3.05, 3.63) is 0 Å². The lowest BCUT2D eigenvalue weighted by Gasteiger charge is -2.38. The van der Waals surface area contributed by atoms with Crippen molar-refractivity contribution in [2.24, 2.45) is 5.41 Å². The lowest BCUT2D eigenvalue weighted by atomic mass is 9.77. The summed E-state index contributed by atoms with van der Waals surface area (Å²) < 4.78 is 0. The molecule has 1 atom stereocenters. The van der Waals surface area contributed by atoms with Crippen LogP contribution < -0.4 is 10.6 Å². The van der Waals surface area contributed by atoms with Crippen molar-refractivity contribution in [1.29, 1.82) is 0 Å². The minimum atomic E-state index is -0.853. The van der Waals surface area contributed by atoms with E-state index in [0.29, 0.717) is 6.54 Å². The SMILES string of the molecule is CC(C)(O)CNC(=O)C1NCCCC1(C)C. The maximum Gasteiger partial charge on any atom is 0.237 e. The van der Waals surface area contributed by atoms with Crippen LogP contribution in [0.4, 0.5) is 0 Å². The van der Waals surface area contributed by atoms with E-state index in [0.717, 1.165) is 19.4 Å². The van der Waals surface area contributed by atoms with E-state index in [1.807, 2.05) is 0 Å². The van der Waals surface area contributed by atoms with Crippen molar-refractivity contribution in [3.8, 4) is 0 Å². The predicted octanol–water partition coefficient (Wildman–Crippen LogP) is 0.652. The number of carbonyl (C=O) groups is 1. The minimum absolute atomic E-state index is 0.00757. The summed E-state index contributed by atoms with van der Waals surface area (Å²) in [7, 11) is 0. The molecular formula is C12H24N2O2. The van der Waals surface area contributed by atoms with Gasteiger partial charge in [0.25, 0.3) is 0 Å². The smallest absolute Gasteiger partial charge is 0.237 e. The van der Waals surface area contributed by atoms with E-state index >= 15 is 0 Å². The highest BCUT2D eigenvalue weighted by molar-refractivity contribution is 5.82. The Morgan fingerprint density at radius 1 is 1.56 bits per heavy atom. The highest BCUT2D eigenvalue weighted by Crippen LogP contribution is 2.30. The molecule has 94 valence electrons. The van der Waals surface area contributed by atoms with Gasteiger partial charge in [0.2, 0.25) is 5.91 Å². The average molecular weight is 228 g/mol. The van der Waals surface area contributed by atoms with E-state index in [2.05, 4.69) is 24.5 Å². The molecule has 1 amide bonds. The predicted molar refractivity (Wildman–Crippen MR) is 64.1 cm³/mol. The first-order chi connectivity index (χ1) is 7.22. The Kier molecular flexibility index (Phi) is 3.97. The lowest BCUT2D eigenvalue weighted by molar-refractivity contribution is -0.127. The van der Waals surface area contributed by atoms with Gasteiger partial charge in [0.05, 0.1) is 11.6 Å². The molecule has 0 spiro atoms. The summed E-state index contributed by atoms with van der Waals surface area (Å²) in [5.74, 6) is -0.00757. The van der Waals surface area contributed by atoms with Crippen LogP contribution in [0.2, 0.25) is 0 Å². The summed E-state index contributed by atoms with van der Waals surface area (Å²) in [6.45, 7) is 8.77. The Morgan fingerprint density at radius 2 is 2.19 bits per heavy atom. The van der Waals surface area contributed by atoms with Crippen LogP contribution in [0.15, 0.2) is 0 Å². The maximum atomic E-state index is 12.0. The van der Waals surface area contributed by atoms with Crippen molar-refractivity contribution in [1.82, 2.24) is 10.6 Å². The molecule has 0 aromatic carbocycles. The highest BCUT2D eigenvalue weighted by Gasteiger charge is 2.37. The summed E-state index contributed by atoms with van der Waals surface area (Å²) in [6.07, 6.45) is 2.17. The first-order valence-corrected chi connectivity index (χ1v) is 5.96. The van der Waals surface area contributed by atoms with Crippen LogP contribution >= 0.6 is 0 Å². The van der Waals surface area contributed by atoms with E-state index in [4.69, 9.17) is 0 Å². The molecule has 1 rings (SSSR count). The summed E-state index contributed by atoms with van der Waals surface area (Å²) in [5, 5.41) is 15.6. The molecule has 4 heteroatoms. The molecule has 0 aromatic rings. The zero-order valence-corrected chi connectivity index (χ0v) is 10.8. The summed E-state index contributed by atoms with van der Waals surface area (Å²) in [6, 6.07) is -0.149. The Bertz CT molecular complexity index is 256. The van der Waals surface area contributed by atoms with Crippen molar-refractivity contribution in [2.45, 2.75) is 52.2 Å². The van der Waals surface area contributed by atoms with Gasteiger partial charge in [0, 0.05) is 6.54 Å². The summed E-state index contributed by atoms with van der Waals surface area (Å²) >= 11 is 0. The molecule has 1 saturated heterocycles.